The highest BCUT2D eigenvalue weighted by atomic mass is 32.2. The predicted octanol–water partition coefficient (Wildman–Crippen LogP) is 4.64. The third kappa shape index (κ3) is 4.03. The molecule has 2 aromatic rings. The Morgan fingerprint density at radius 3 is 2.50 bits per heavy atom. The average Bonchev–Trinajstić information content (AvgIpc) is 2.95. The van der Waals surface area contributed by atoms with Crippen LogP contribution in [0, 0.1) is 0 Å². The van der Waals surface area contributed by atoms with Gasteiger partial charge >= 0.3 is 0 Å². The van der Waals surface area contributed by atoms with Gasteiger partial charge in [-0.3, -0.25) is 0 Å². The van der Waals surface area contributed by atoms with Gasteiger partial charge in [0.15, 0.2) is 11.0 Å². The number of ether oxygens (including phenoxy) is 1. The lowest BCUT2D eigenvalue weighted by Crippen LogP contribution is -2.04. The SMILES string of the molecule is CCCCn1c(SC(C)CC)nnc1-c1ccc(OC)cc1. The molecule has 0 bridgehead atoms. The van der Waals surface area contributed by atoms with Gasteiger partial charge in [-0.2, -0.15) is 0 Å². The number of nitrogens with zero attached hydrogens (tertiary/aromatic N) is 3. The van der Waals surface area contributed by atoms with E-state index in [0.717, 1.165) is 48.1 Å². The molecule has 0 radical (unpaired) electrons. The summed E-state index contributed by atoms with van der Waals surface area (Å²) < 4.78 is 7.48. The highest BCUT2D eigenvalue weighted by Crippen LogP contribution is 2.29. The van der Waals surface area contributed by atoms with Crippen molar-refractivity contribution in [2.24, 2.45) is 0 Å². The summed E-state index contributed by atoms with van der Waals surface area (Å²) in [6.45, 7) is 7.61. The molecular formula is C17H25N3OS. The lowest BCUT2D eigenvalue weighted by atomic mass is 10.2. The number of rotatable bonds is 8. The molecule has 1 unspecified atom stereocenters. The van der Waals surface area contributed by atoms with E-state index in [0.29, 0.717) is 5.25 Å². The molecule has 0 spiro atoms. The third-order valence-corrected chi connectivity index (χ3v) is 4.93. The maximum absolute atomic E-state index is 5.23. The van der Waals surface area contributed by atoms with Crippen LogP contribution in [0.3, 0.4) is 0 Å². The summed E-state index contributed by atoms with van der Waals surface area (Å²) in [5.41, 5.74) is 1.08. The molecular weight excluding hydrogens is 294 g/mol. The van der Waals surface area contributed by atoms with Crippen LogP contribution in [0.2, 0.25) is 0 Å². The van der Waals surface area contributed by atoms with E-state index in [9.17, 15) is 0 Å². The van der Waals surface area contributed by atoms with E-state index >= 15 is 0 Å². The molecule has 0 aliphatic heterocycles. The van der Waals surface area contributed by atoms with Gasteiger partial charge in [0, 0.05) is 17.4 Å². The average molecular weight is 319 g/mol. The summed E-state index contributed by atoms with van der Waals surface area (Å²) in [5, 5.41) is 10.4. The zero-order valence-electron chi connectivity index (χ0n) is 13.9. The van der Waals surface area contributed by atoms with Gasteiger partial charge in [-0.05, 0) is 37.1 Å². The summed E-state index contributed by atoms with van der Waals surface area (Å²) in [6, 6.07) is 8.03. The lowest BCUT2D eigenvalue weighted by molar-refractivity contribution is 0.415. The van der Waals surface area contributed by atoms with Gasteiger partial charge in [0.1, 0.15) is 5.75 Å². The van der Waals surface area contributed by atoms with E-state index in [4.69, 9.17) is 4.74 Å². The topological polar surface area (TPSA) is 39.9 Å². The predicted molar refractivity (Wildman–Crippen MR) is 92.5 cm³/mol. The number of methoxy groups -OCH3 is 1. The summed E-state index contributed by atoms with van der Waals surface area (Å²) in [7, 11) is 1.68. The van der Waals surface area contributed by atoms with Gasteiger partial charge < -0.3 is 9.30 Å². The molecule has 0 N–H and O–H groups in total. The summed E-state index contributed by atoms with van der Waals surface area (Å²) in [4.78, 5) is 0. The van der Waals surface area contributed by atoms with E-state index in [2.05, 4.69) is 35.5 Å². The van der Waals surface area contributed by atoms with Crippen LogP contribution in [0.25, 0.3) is 11.4 Å². The Labute approximate surface area is 137 Å². The van der Waals surface area contributed by atoms with E-state index in [1.165, 1.54) is 0 Å². The van der Waals surface area contributed by atoms with Crippen LogP contribution in [0.15, 0.2) is 29.4 Å². The fourth-order valence-corrected chi connectivity index (χ4v) is 3.03. The van der Waals surface area contributed by atoms with Crippen molar-refractivity contribution >= 4 is 11.8 Å². The van der Waals surface area contributed by atoms with Crippen LogP contribution in [0.4, 0.5) is 0 Å². The van der Waals surface area contributed by atoms with Crippen LogP contribution in [-0.4, -0.2) is 27.1 Å². The Balaban J connectivity index is 2.32. The molecule has 2 rings (SSSR count). The van der Waals surface area contributed by atoms with Crippen LogP contribution >= 0.6 is 11.8 Å². The van der Waals surface area contributed by atoms with E-state index < -0.39 is 0 Å². The van der Waals surface area contributed by atoms with Crippen molar-refractivity contribution in [1.82, 2.24) is 14.8 Å². The number of thioether (sulfide) groups is 1. The Hall–Kier alpha value is -1.49. The zero-order chi connectivity index (χ0) is 15.9. The van der Waals surface area contributed by atoms with E-state index in [1.807, 2.05) is 36.0 Å². The molecule has 5 heteroatoms. The van der Waals surface area contributed by atoms with Gasteiger partial charge in [-0.25, -0.2) is 0 Å². The first-order valence-corrected chi connectivity index (χ1v) is 8.81. The molecule has 0 aliphatic carbocycles. The van der Waals surface area contributed by atoms with Crippen molar-refractivity contribution in [2.45, 2.75) is 57.0 Å². The maximum Gasteiger partial charge on any atom is 0.191 e. The van der Waals surface area contributed by atoms with Crippen molar-refractivity contribution in [3.63, 3.8) is 0 Å². The molecule has 0 fully saturated rings. The number of hydrogen-bond acceptors (Lipinski definition) is 4. The minimum atomic E-state index is 0.549. The second-order valence-corrected chi connectivity index (χ2v) is 6.78. The molecule has 0 saturated heterocycles. The highest BCUT2D eigenvalue weighted by Gasteiger charge is 2.16. The second-order valence-electron chi connectivity index (χ2n) is 5.38. The number of unbranched alkanes of at least 4 members (excludes halogenated alkanes) is 1. The van der Waals surface area contributed by atoms with Crippen LogP contribution in [0.1, 0.15) is 40.0 Å². The molecule has 1 atom stereocenters. The first-order valence-electron chi connectivity index (χ1n) is 7.93. The molecule has 1 aromatic carbocycles. The maximum atomic E-state index is 5.23. The van der Waals surface area contributed by atoms with Crippen LogP contribution in [-0.2, 0) is 6.54 Å². The largest absolute Gasteiger partial charge is 0.497 e. The Kier molecular flexibility index (Phi) is 6.31. The quantitative estimate of drug-likeness (QED) is 0.664. The molecule has 120 valence electrons. The van der Waals surface area contributed by atoms with Crippen molar-refractivity contribution in [3.05, 3.63) is 24.3 Å². The minimum Gasteiger partial charge on any atom is -0.497 e. The number of hydrogen-bond donors (Lipinski definition) is 0. The van der Waals surface area contributed by atoms with Gasteiger partial charge in [-0.15, -0.1) is 10.2 Å². The van der Waals surface area contributed by atoms with Crippen molar-refractivity contribution in [2.75, 3.05) is 7.11 Å². The molecule has 1 aromatic heterocycles. The fraction of sp³-hybridized carbons (Fsp3) is 0.529. The summed E-state index contributed by atoms with van der Waals surface area (Å²) in [6.07, 6.45) is 3.42. The van der Waals surface area contributed by atoms with E-state index in [-0.39, 0.29) is 0 Å². The van der Waals surface area contributed by atoms with Crippen LogP contribution in [0.5, 0.6) is 5.75 Å². The Morgan fingerprint density at radius 2 is 1.91 bits per heavy atom. The minimum absolute atomic E-state index is 0.549. The fourth-order valence-electron chi connectivity index (χ4n) is 2.11. The summed E-state index contributed by atoms with van der Waals surface area (Å²) >= 11 is 1.81. The summed E-state index contributed by atoms with van der Waals surface area (Å²) in [5.74, 6) is 1.81. The first kappa shape index (κ1) is 16.9. The Bertz CT molecular complexity index is 580. The standard InChI is InChI=1S/C17H25N3OS/c1-5-7-12-20-16(14-8-10-15(21-4)11-9-14)18-19-17(20)22-13(3)6-2/h8-11,13H,5-7,12H2,1-4H3. The number of aromatic nitrogens is 3. The molecule has 0 saturated carbocycles. The molecule has 0 amide bonds. The van der Waals surface area contributed by atoms with Crippen LogP contribution < -0.4 is 4.74 Å². The van der Waals surface area contributed by atoms with Gasteiger partial charge in [-0.1, -0.05) is 39.0 Å². The molecule has 4 nitrogen and oxygen atoms in total. The third-order valence-electron chi connectivity index (χ3n) is 3.68. The lowest BCUT2D eigenvalue weighted by Gasteiger charge is -2.12. The van der Waals surface area contributed by atoms with Gasteiger partial charge in [0.25, 0.3) is 0 Å². The molecule has 22 heavy (non-hydrogen) atoms. The first-order chi connectivity index (χ1) is 10.7. The number of benzene rings is 1. The molecule has 1 heterocycles. The second kappa shape index (κ2) is 8.22. The van der Waals surface area contributed by atoms with Gasteiger partial charge in [0.2, 0.25) is 0 Å². The van der Waals surface area contributed by atoms with E-state index in [1.54, 1.807) is 7.11 Å². The molecule has 0 aliphatic rings. The highest BCUT2D eigenvalue weighted by molar-refractivity contribution is 7.99. The Morgan fingerprint density at radius 1 is 1.18 bits per heavy atom. The smallest absolute Gasteiger partial charge is 0.191 e. The van der Waals surface area contributed by atoms with Crippen molar-refractivity contribution in [1.29, 1.82) is 0 Å². The normalized spacial score (nSPS) is 12.4. The zero-order valence-corrected chi connectivity index (χ0v) is 14.7. The monoisotopic (exact) mass is 319 g/mol. The van der Waals surface area contributed by atoms with Crippen molar-refractivity contribution in [3.8, 4) is 17.1 Å². The van der Waals surface area contributed by atoms with Gasteiger partial charge in [0.05, 0.1) is 7.11 Å². The van der Waals surface area contributed by atoms with Crippen molar-refractivity contribution < 1.29 is 4.74 Å².